The predicted molar refractivity (Wildman–Crippen MR) is 93.5 cm³/mol. The van der Waals surface area contributed by atoms with Crippen molar-refractivity contribution in [2.75, 3.05) is 6.61 Å². The summed E-state index contributed by atoms with van der Waals surface area (Å²) in [6.07, 6.45) is 5.31. The van der Waals surface area contributed by atoms with Gasteiger partial charge in [0.15, 0.2) is 5.82 Å². The van der Waals surface area contributed by atoms with E-state index < -0.39 is 0 Å². The van der Waals surface area contributed by atoms with E-state index in [1.165, 1.54) is 0 Å². The average molecular weight is 336 g/mol. The summed E-state index contributed by atoms with van der Waals surface area (Å²) >= 11 is 0. The van der Waals surface area contributed by atoms with E-state index in [1.54, 1.807) is 12.4 Å². The summed E-state index contributed by atoms with van der Waals surface area (Å²) < 4.78 is 7.45. The molecule has 7 heteroatoms. The molecule has 0 saturated heterocycles. The SMILES string of the molecule is CCOc1ccc(-c2nnc([C@H]3C[C@H](N)C3)n2-c2ccccn2)nc1. The van der Waals surface area contributed by atoms with Crippen LogP contribution in [0, 0.1) is 0 Å². The van der Waals surface area contributed by atoms with Crippen LogP contribution in [-0.4, -0.2) is 37.4 Å². The van der Waals surface area contributed by atoms with E-state index in [0.717, 1.165) is 35.9 Å². The molecule has 7 nitrogen and oxygen atoms in total. The molecule has 0 spiro atoms. The van der Waals surface area contributed by atoms with Crippen molar-refractivity contribution in [3.8, 4) is 23.1 Å². The molecular formula is C18H20N6O. The fourth-order valence-electron chi connectivity index (χ4n) is 3.08. The monoisotopic (exact) mass is 336 g/mol. The van der Waals surface area contributed by atoms with Crippen LogP contribution in [0.2, 0.25) is 0 Å². The molecule has 0 aromatic carbocycles. The second-order valence-corrected chi connectivity index (χ2v) is 6.15. The number of pyridine rings is 2. The molecule has 0 bridgehead atoms. The molecule has 1 saturated carbocycles. The second kappa shape index (κ2) is 6.60. The Labute approximate surface area is 145 Å². The lowest BCUT2D eigenvalue weighted by Crippen LogP contribution is -2.36. The van der Waals surface area contributed by atoms with Crippen LogP contribution in [0.1, 0.15) is 31.5 Å². The van der Waals surface area contributed by atoms with E-state index in [2.05, 4.69) is 20.2 Å². The van der Waals surface area contributed by atoms with Gasteiger partial charge in [-0.1, -0.05) is 6.07 Å². The molecule has 3 aromatic rings. The summed E-state index contributed by atoms with van der Waals surface area (Å²) in [5.41, 5.74) is 6.69. The Bertz CT molecular complexity index is 840. The molecule has 0 unspecified atom stereocenters. The van der Waals surface area contributed by atoms with E-state index in [-0.39, 0.29) is 6.04 Å². The fourth-order valence-corrected chi connectivity index (χ4v) is 3.08. The van der Waals surface area contributed by atoms with E-state index in [1.807, 2.05) is 41.8 Å². The first-order valence-corrected chi connectivity index (χ1v) is 8.47. The van der Waals surface area contributed by atoms with Gasteiger partial charge in [0, 0.05) is 18.2 Å². The summed E-state index contributed by atoms with van der Waals surface area (Å²) in [4.78, 5) is 8.96. The Kier molecular flexibility index (Phi) is 4.15. The van der Waals surface area contributed by atoms with Gasteiger partial charge in [-0.3, -0.25) is 4.57 Å². The van der Waals surface area contributed by atoms with Crippen LogP contribution in [0.15, 0.2) is 42.7 Å². The van der Waals surface area contributed by atoms with Crippen molar-refractivity contribution < 1.29 is 4.74 Å². The van der Waals surface area contributed by atoms with Gasteiger partial charge in [-0.15, -0.1) is 10.2 Å². The van der Waals surface area contributed by atoms with Crippen molar-refractivity contribution in [3.63, 3.8) is 0 Å². The summed E-state index contributed by atoms with van der Waals surface area (Å²) in [6.45, 7) is 2.55. The van der Waals surface area contributed by atoms with Gasteiger partial charge in [-0.05, 0) is 44.0 Å². The van der Waals surface area contributed by atoms with Gasteiger partial charge in [-0.25, -0.2) is 9.97 Å². The molecule has 1 aliphatic carbocycles. The average Bonchev–Trinajstić information content (AvgIpc) is 3.05. The zero-order valence-corrected chi connectivity index (χ0v) is 14.0. The van der Waals surface area contributed by atoms with Crippen molar-refractivity contribution in [2.45, 2.75) is 31.7 Å². The van der Waals surface area contributed by atoms with Crippen molar-refractivity contribution in [1.29, 1.82) is 0 Å². The maximum Gasteiger partial charge on any atom is 0.188 e. The molecule has 0 amide bonds. The minimum atomic E-state index is 0.242. The van der Waals surface area contributed by atoms with Crippen LogP contribution in [0.25, 0.3) is 17.3 Å². The molecule has 0 radical (unpaired) electrons. The largest absolute Gasteiger partial charge is 0.492 e. The van der Waals surface area contributed by atoms with Crippen molar-refractivity contribution in [1.82, 2.24) is 24.7 Å². The number of nitrogens with two attached hydrogens (primary N) is 1. The quantitative estimate of drug-likeness (QED) is 0.769. The zero-order valence-electron chi connectivity index (χ0n) is 14.0. The highest BCUT2D eigenvalue weighted by molar-refractivity contribution is 5.54. The van der Waals surface area contributed by atoms with Gasteiger partial charge >= 0.3 is 0 Å². The number of hydrogen-bond donors (Lipinski definition) is 1. The van der Waals surface area contributed by atoms with Crippen LogP contribution in [0.3, 0.4) is 0 Å². The fraction of sp³-hybridized carbons (Fsp3) is 0.333. The van der Waals surface area contributed by atoms with E-state index >= 15 is 0 Å². The highest BCUT2D eigenvalue weighted by Crippen LogP contribution is 2.37. The molecule has 0 aliphatic heterocycles. The van der Waals surface area contributed by atoms with Gasteiger partial charge < -0.3 is 10.5 Å². The first-order chi connectivity index (χ1) is 12.3. The molecular weight excluding hydrogens is 316 g/mol. The Balaban J connectivity index is 1.77. The minimum absolute atomic E-state index is 0.242. The topological polar surface area (TPSA) is 91.7 Å². The third-order valence-corrected chi connectivity index (χ3v) is 4.38. The first kappa shape index (κ1) is 15.7. The Morgan fingerprint density at radius 1 is 1.16 bits per heavy atom. The van der Waals surface area contributed by atoms with Crippen molar-refractivity contribution in [2.24, 2.45) is 5.73 Å². The molecule has 3 aromatic heterocycles. The Morgan fingerprint density at radius 2 is 2.04 bits per heavy atom. The van der Waals surface area contributed by atoms with Gasteiger partial charge in [0.1, 0.15) is 23.1 Å². The standard InChI is InChI=1S/C18H20N6O/c1-2-25-14-6-7-15(21-11-14)18-23-22-17(12-9-13(19)10-12)24(18)16-5-3-4-8-20-16/h3-8,11-13H,2,9-10,19H2,1H3/t12-,13-. The predicted octanol–water partition coefficient (Wildman–Crippen LogP) is 2.33. The summed E-state index contributed by atoms with van der Waals surface area (Å²) in [5, 5.41) is 8.83. The first-order valence-electron chi connectivity index (χ1n) is 8.47. The third-order valence-electron chi connectivity index (χ3n) is 4.38. The highest BCUT2D eigenvalue weighted by atomic mass is 16.5. The molecule has 0 atom stereocenters. The summed E-state index contributed by atoms with van der Waals surface area (Å²) in [5.74, 6) is 3.40. The van der Waals surface area contributed by atoms with Crippen LogP contribution in [-0.2, 0) is 0 Å². The molecule has 25 heavy (non-hydrogen) atoms. The third kappa shape index (κ3) is 2.98. The van der Waals surface area contributed by atoms with E-state index in [4.69, 9.17) is 10.5 Å². The smallest absolute Gasteiger partial charge is 0.188 e. The number of rotatable bonds is 5. The number of ether oxygens (including phenoxy) is 1. The molecule has 128 valence electrons. The maximum atomic E-state index is 5.96. The van der Waals surface area contributed by atoms with E-state index in [0.29, 0.717) is 18.3 Å². The van der Waals surface area contributed by atoms with Gasteiger partial charge in [0.25, 0.3) is 0 Å². The maximum absolute atomic E-state index is 5.96. The molecule has 1 fully saturated rings. The lowest BCUT2D eigenvalue weighted by atomic mass is 9.80. The summed E-state index contributed by atoms with van der Waals surface area (Å²) in [6, 6.07) is 9.82. The zero-order chi connectivity index (χ0) is 17.2. The molecule has 3 heterocycles. The molecule has 1 aliphatic rings. The number of nitrogens with zero attached hydrogens (tertiary/aromatic N) is 5. The van der Waals surface area contributed by atoms with Gasteiger partial charge in [0.05, 0.1) is 12.8 Å². The van der Waals surface area contributed by atoms with Crippen LogP contribution >= 0.6 is 0 Å². The lowest BCUT2D eigenvalue weighted by Gasteiger charge is -2.31. The normalized spacial score (nSPS) is 19.4. The van der Waals surface area contributed by atoms with Crippen LogP contribution in [0.5, 0.6) is 5.75 Å². The van der Waals surface area contributed by atoms with E-state index in [9.17, 15) is 0 Å². The van der Waals surface area contributed by atoms with Gasteiger partial charge in [-0.2, -0.15) is 0 Å². The summed E-state index contributed by atoms with van der Waals surface area (Å²) in [7, 11) is 0. The minimum Gasteiger partial charge on any atom is -0.492 e. The molecule has 4 rings (SSSR count). The van der Waals surface area contributed by atoms with Crippen LogP contribution in [0.4, 0.5) is 0 Å². The van der Waals surface area contributed by atoms with Gasteiger partial charge in [0.2, 0.25) is 0 Å². The number of aromatic nitrogens is 5. The Morgan fingerprint density at radius 3 is 2.68 bits per heavy atom. The lowest BCUT2D eigenvalue weighted by molar-refractivity contribution is 0.334. The van der Waals surface area contributed by atoms with Crippen LogP contribution < -0.4 is 10.5 Å². The van der Waals surface area contributed by atoms with Crippen molar-refractivity contribution in [3.05, 3.63) is 48.5 Å². The molecule has 2 N–H and O–H groups in total. The Hall–Kier alpha value is -2.80. The second-order valence-electron chi connectivity index (χ2n) is 6.15. The number of hydrogen-bond acceptors (Lipinski definition) is 6. The highest BCUT2D eigenvalue weighted by Gasteiger charge is 2.33. The van der Waals surface area contributed by atoms with Crippen molar-refractivity contribution >= 4 is 0 Å².